The summed E-state index contributed by atoms with van der Waals surface area (Å²) in [5.41, 5.74) is 0. The molecule has 4 nitrogen and oxygen atoms in total. The molecule has 0 heterocycles. The maximum Gasteiger partial charge on any atom is 0.0701 e. The Hall–Kier alpha value is -0.160. The summed E-state index contributed by atoms with van der Waals surface area (Å²) in [5.74, 6) is 0. The van der Waals surface area contributed by atoms with Gasteiger partial charge in [-0.1, -0.05) is 6.92 Å². The summed E-state index contributed by atoms with van der Waals surface area (Å²) in [7, 11) is 1.67. The fourth-order valence-corrected chi connectivity index (χ4v) is 1.13. The Morgan fingerprint density at radius 1 is 1.13 bits per heavy atom. The summed E-state index contributed by atoms with van der Waals surface area (Å²) in [6.45, 7) is 9.73. The maximum atomic E-state index is 5.54. The van der Waals surface area contributed by atoms with E-state index in [4.69, 9.17) is 14.2 Å². The standard InChI is InChI=1S/C11H25NO3/c1-5-12-11(9-15-10(2)3)8-14-7-6-13-4/h10-12H,5-9H2,1-4H3. The van der Waals surface area contributed by atoms with Crippen LogP contribution in [0.4, 0.5) is 0 Å². The SMILES string of the molecule is CCNC(COCCOC)COC(C)C. The van der Waals surface area contributed by atoms with Crippen LogP contribution in [0.2, 0.25) is 0 Å². The van der Waals surface area contributed by atoms with Crippen LogP contribution in [-0.2, 0) is 14.2 Å². The van der Waals surface area contributed by atoms with E-state index in [1.54, 1.807) is 7.11 Å². The van der Waals surface area contributed by atoms with Gasteiger partial charge in [-0.3, -0.25) is 0 Å². The molecule has 0 bridgehead atoms. The first-order chi connectivity index (χ1) is 7.20. The molecule has 0 aromatic rings. The highest BCUT2D eigenvalue weighted by atomic mass is 16.5. The molecular weight excluding hydrogens is 194 g/mol. The van der Waals surface area contributed by atoms with Crippen LogP contribution in [-0.4, -0.2) is 52.2 Å². The molecule has 0 aliphatic rings. The van der Waals surface area contributed by atoms with Crippen molar-refractivity contribution in [1.82, 2.24) is 5.32 Å². The molecule has 0 aromatic heterocycles. The number of methoxy groups -OCH3 is 1. The molecular formula is C11H25NO3. The van der Waals surface area contributed by atoms with Gasteiger partial charge in [-0.2, -0.15) is 0 Å². The minimum Gasteiger partial charge on any atom is -0.382 e. The van der Waals surface area contributed by atoms with Crippen molar-refractivity contribution in [3.8, 4) is 0 Å². The summed E-state index contributed by atoms with van der Waals surface area (Å²) in [6.07, 6.45) is 0.269. The molecule has 1 unspecified atom stereocenters. The Morgan fingerprint density at radius 3 is 2.40 bits per heavy atom. The average molecular weight is 219 g/mol. The molecule has 15 heavy (non-hydrogen) atoms. The quantitative estimate of drug-likeness (QED) is 0.558. The van der Waals surface area contributed by atoms with Crippen LogP contribution in [0.25, 0.3) is 0 Å². The van der Waals surface area contributed by atoms with Crippen molar-refractivity contribution < 1.29 is 14.2 Å². The largest absolute Gasteiger partial charge is 0.382 e. The van der Waals surface area contributed by atoms with Gasteiger partial charge in [-0.25, -0.2) is 0 Å². The fraction of sp³-hybridized carbons (Fsp3) is 1.00. The topological polar surface area (TPSA) is 39.7 Å². The van der Waals surface area contributed by atoms with E-state index in [0.717, 1.165) is 6.54 Å². The van der Waals surface area contributed by atoms with Crippen molar-refractivity contribution in [2.75, 3.05) is 40.1 Å². The lowest BCUT2D eigenvalue weighted by Gasteiger charge is -2.19. The minimum atomic E-state index is 0.269. The highest BCUT2D eigenvalue weighted by Gasteiger charge is 2.08. The molecule has 0 aromatic carbocycles. The summed E-state index contributed by atoms with van der Waals surface area (Å²) in [6, 6.07) is 0.272. The Morgan fingerprint density at radius 2 is 1.87 bits per heavy atom. The number of nitrogens with one attached hydrogen (secondary N) is 1. The number of likely N-dealkylation sites (N-methyl/N-ethyl adjacent to an activating group) is 1. The molecule has 0 aliphatic carbocycles. The second kappa shape index (κ2) is 10.4. The Labute approximate surface area is 93.3 Å². The van der Waals surface area contributed by atoms with E-state index in [1.165, 1.54) is 0 Å². The van der Waals surface area contributed by atoms with E-state index in [2.05, 4.69) is 12.2 Å². The smallest absolute Gasteiger partial charge is 0.0701 e. The summed E-state index contributed by atoms with van der Waals surface area (Å²) < 4.78 is 15.9. The number of hydrogen-bond donors (Lipinski definition) is 1. The van der Waals surface area contributed by atoms with Gasteiger partial charge in [0.05, 0.1) is 38.6 Å². The molecule has 0 saturated heterocycles. The van der Waals surface area contributed by atoms with E-state index in [9.17, 15) is 0 Å². The van der Waals surface area contributed by atoms with Crippen LogP contribution in [0.15, 0.2) is 0 Å². The van der Waals surface area contributed by atoms with Crippen LogP contribution in [0, 0.1) is 0 Å². The summed E-state index contributed by atoms with van der Waals surface area (Å²) in [4.78, 5) is 0. The van der Waals surface area contributed by atoms with Gasteiger partial charge in [-0.15, -0.1) is 0 Å². The molecule has 0 saturated carbocycles. The van der Waals surface area contributed by atoms with Crippen LogP contribution >= 0.6 is 0 Å². The van der Waals surface area contributed by atoms with Crippen molar-refractivity contribution in [1.29, 1.82) is 0 Å². The molecule has 0 aliphatic heterocycles. The molecule has 1 atom stereocenters. The van der Waals surface area contributed by atoms with E-state index in [0.29, 0.717) is 26.4 Å². The molecule has 1 N–H and O–H groups in total. The van der Waals surface area contributed by atoms with Gasteiger partial charge in [0.15, 0.2) is 0 Å². The van der Waals surface area contributed by atoms with Crippen molar-refractivity contribution in [3.63, 3.8) is 0 Å². The molecule has 0 rings (SSSR count). The molecule has 4 heteroatoms. The Bertz CT molecular complexity index is 131. The van der Waals surface area contributed by atoms with Crippen LogP contribution in [0.3, 0.4) is 0 Å². The monoisotopic (exact) mass is 219 g/mol. The van der Waals surface area contributed by atoms with Crippen molar-refractivity contribution >= 4 is 0 Å². The predicted molar refractivity (Wildman–Crippen MR) is 61.2 cm³/mol. The third kappa shape index (κ3) is 10.1. The lowest BCUT2D eigenvalue weighted by molar-refractivity contribution is 0.0163. The molecule has 92 valence electrons. The zero-order valence-electron chi connectivity index (χ0n) is 10.4. The van der Waals surface area contributed by atoms with Crippen LogP contribution in [0.5, 0.6) is 0 Å². The number of hydrogen-bond acceptors (Lipinski definition) is 4. The van der Waals surface area contributed by atoms with Gasteiger partial charge in [0.2, 0.25) is 0 Å². The van der Waals surface area contributed by atoms with Crippen molar-refractivity contribution in [3.05, 3.63) is 0 Å². The molecule has 0 radical (unpaired) electrons. The van der Waals surface area contributed by atoms with E-state index >= 15 is 0 Å². The van der Waals surface area contributed by atoms with Gasteiger partial charge in [0.25, 0.3) is 0 Å². The van der Waals surface area contributed by atoms with E-state index in [1.807, 2.05) is 13.8 Å². The minimum absolute atomic E-state index is 0.269. The van der Waals surface area contributed by atoms with Crippen LogP contribution in [0.1, 0.15) is 20.8 Å². The Kier molecular flexibility index (Phi) is 10.3. The second-order valence-electron chi connectivity index (χ2n) is 3.70. The highest BCUT2D eigenvalue weighted by Crippen LogP contribution is 1.93. The van der Waals surface area contributed by atoms with Gasteiger partial charge in [0, 0.05) is 7.11 Å². The lowest BCUT2D eigenvalue weighted by atomic mass is 10.3. The number of ether oxygens (including phenoxy) is 3. The van der Waals surface area contributed by atoms with E-state index in [-0.39, 0.29) is 12.1 Å². The fourth-order valence-electron chi connectivity index (χ4n) is 1.13. The summed E-state index contributed by atoms with van der Waals surface area (Å²) in [5, 5.41) is 3.32. The zero-order chi connectivity index (χ0) is 11.5. The van der Waals surface area contributed by atoms with E-state index < -0.39 is 0 Å². The molecule has 0 amide bonds. The molecule has 0 fully saturated rings. The average Bonchev–Trinajstić information content (AvgIpc) is 2.20. The zero-order valence-corrected chi connectivity index (χ0v) is 10.4. The van der Waals surface area contributed by atoms with Crippen LogP contribution < -0.4 is 5.32 Å². The second-order valence-corrected chi connectivity index (χ2v) is 3.70. The third-order valence-corrected chi connectivity index (χ3v) is 1.87. The first-order valence-electron chi connectivity index (χ1n) is 5.62. The first-order valence-corrected chi connectivity index (χ1v) is 5.62. The lowest BCUT2D eigenvalue weighted by Crippen LogP contribution is -2.38. The van der Waals surface area contributed by atoms with Gasteiger partial charge in [-0.05, 0) is 20.4 Å². The van der Waals surface area contributed by atoms with Gasteiger partial charge < -0.3 is 19.5 Å². The van der Waals surface area contributed by atoms with Gasteiger partial charge in [0.1, 0.15) is 0 Å². The normalized spacial score (nSPS) is 13.4. The highest BCUT2D eigenvalue weighted by molar-refractivity contribution is 4.64. The predicted octanol–water partition coefficient (Wildman–Crippen LogP) is 1.05. The third-order valence-electron chi connectivity index (χ3n) is 1.87. The Balaban J connectivity index is 3.53. The first kappa shape index (κ1) is 14.8. The van der Waals surface area contributed by atoms with Gasteiger partial charge >= 0.3 is 0 Å². The summed E-state index contributed by atoms with van der Waals surface area (Å²) >= 11 is 0. The molecule has 0 spiro atoms. The number of rotatable bonds is 10. The van der Waals surface area contributed by atoms with Crippen molar-refractivity contribution in [2.45, 2.75) is 32.9 Å². The van der Waals surface area contributed by atoms with Crippen molar-refractivity contribution in [2.24, 2.45) is 0 Å². The maximum absolute atomic E-state index is 5.54.